The van der Waals surface area contributed by atoms with Crippen LogP contribution in [0.5, 0.6) is 0 Å². The molecular formula is C19H17ClN4O. The molecule has 0 spiro atoms. The summed E-state index contributed by atoms with van der Waals surface area (Å²) in [5.74, 6) is 0.589. The Morgan fingerprint density at radius 3 is 2.76 bits per heavy atom. The van der Waals surface area contributed by atoms with Crippen molar-refractivity contribution in [1.82, 2.24) is 19.9 Å². The molecule has 0 saturated carbocycles. The number of nitrogens with one attached hydrogen (secondary N) is 1. The summed E-state index contributed by atoms with van der Waals surface area (Å²) >= 11 is 6.27. The van der Waals surface area contributed by atoms with Crippen LogP contribution in [0.2, 0.25) is 5.02 Å². The van der Waals surface area contributed by atoms with Crippen molar-refractivity contribution >= 4 is 11.6 Å². The molecular weight excluding hydrogens is 336 g/mol. The van der Waals surface area contributed by atoms with Crippen molar-refractivity contribution in [1.29, 1.82) is 0 Å². The lowest BCUT2D eigenvalue weighted by atomic mass is 10.1. The topological polar surface area (TPSA) is 61.9 Å². The van der Waals surface area contributed by atoms with E-state index in [-0.39, 0.29) is 5.56 Å². The van der Waals surface area contributed by atoms with E-state index in [1.165, 1.54) is 0 Å². The second-order valence-electron chi connectivity index (χ2n) is 6.13. The molecule has 0 aliphatic carbocycles. The van der Waals surface area contributed by atoms with Crippen molar-refractivity contribution in [3.8, 4) is 11.4 Å². The zero-order chi connectivity index (χ0) is 17.2. The molecule has 4 rings (SSSR count). The predicted molar refractivity (Wildman–Crippen MR) is 97.4 cm³/mol. The maximum atomic E-state index is 12.4. The second kappa shape index (κ2) is 6.78. The number of aromatic amines is 1. The zero-order valence-electron chi connectivity index (χ0n) is 13.6. The van der Waals surface area contributed by atoms with Crippen LogP contribution in [0.25, 0.3) is 11.4 Å². The van der Waals surface area contributed by atoms with Crippen LogP contribution < -0.4 is 5.56 Å². The number of nitrogens with zero attached hydrogens (tertiary/aromatic N) is 3. The molecule has 5 nitrogen and oxygen atoms in total. The molecule has 0 fully saturated rings. The van der Waals surface area contributed by atoms with Gasteiger partial charge in [0, 0.05) is 48.2 Å². The third-order valence-electron chi connectivity index (χ3n) is 4.46. The fourth-order valence-electron chi connectivity index (χ4n) is 3.14. The Kier molecular flexibility index (Phi) is 4.34. The van der Waals surface area contributed by atoms with E-state index in [0.29, 0.717) is 18.8 Å². The van der Waals surface area contributed by atoms with Crippen molar-refractivity contribution in [2.24, 2.45) is 0 Å². The quantitative estimate of drug-likeness (QED) is 0.787. The van der Waals surface area contributed by atoms with Gasteiger partial charge in [-0.2, -0.15) is 0 Å². The number of pyridine rings is 1. The fraction of sp³-hybridized carbons (Fsp3) is 0.211. The first-order chi connectivity index (χ1) is 12.2. The van der Waals surface area contributed by atoms with E-state index in [4.69, 9.17) is 16.6 Å². The van der Waals surface area contributed by atoms with Gasteiger partial charge < -0.3 is 4.98 Å². The highest BCUT2D eigenvalue weighted by Gasteiger charge is 2.21. The lowest BCUT2D eigenvalue weighted by molar-refractivity contribution is 0.240. The smallest absolute Gasteiger partial charge is 0.254 e. The number of fused-ring (bicyclic) bond motifs is 1. The molecule has 25 heavy (non-hydrogen) atoms. The van der Waals surface area contributed by atoms with Gasteiger partial charge in [-0.05, 0) is 30.2 Å². The van der Waals surface area contributed by atoms with Crippen LogP contribution in [-0.4, -0.2) is 26.4 Å². The summed E-state index contributed by atoms with van der Waals surface area (Å²) in [5, 5.41) is 0.768. The molecule has 2 aromatic heterocycles. The molecule has 1 aliphatic heterocycles. The predicted octanol–water partition coefficient (Wildman–Crippen LogP) is 3.04. The average molecular weight is 353 g/mol. The van der Waals surface area contributed by atoms with Gasteiger partial charge in [-0.25, -0.2) is 4.98 Å². The van der Waals surface area contributed by atoms with Gasteiger partial charge in [-0.1, -0.05) is 29.8 Å². The van der Waals surface area contributed by atoms with Crippen molar-refractivity contribution in [2.45, 2.75) is 19.5 Å². The maximum Gasteiger partial charge on any atom is 0.254 e. The number of hydrogen-bond donors (Lipinski definition) is 1. The van der Waals surface area contributed by atoms with E-state index in [9.17, 15) is 4.79 Å². The van der Waals surface area contributed by atoms with Gasteiger partial charge in [0.15, 0.2) is 0 Å². The molecule has 1 aliphatic rings. The first kappa shape index (κ1) is 16.0. The number of aromatic nitrogens is 3. The van der Waals surface area contributed by atoms with Crippen LogP contribution in [0.1, 0.15) is 16.8 Å². The van der Waals surface area contributed by atoms with Gasteiger partial charge in [0.1, 0.15) is 5.82 Å². The Balaban J connectivity index is 1.63. The lowest BCUT2D eigenvalue weighted by Crippen LogP contribution is -2.35. The normalized spacial score (nSPS) is 14.3. The number of hydrogen-bond acceptors (Lipinski definition) is 4. The molecule has 0 radical (unpaired) electrons. The zero-order valence-corrected chi connectivity index (χ0v) is 14.3. The summed E-state index contributed by atoms with van der Waals surface area (Å²) in [5.41, 5.74) is 3.53. The maximum absolute atomic E-state index is 12.4. The Hall–Kier alpha value is -2.50. The van der Waals surface area contributed by atoms with Crippen LogP contribution >= 0.6 is 11.6 Å². The highest BCUT2D eigenvalue weighted by molar-refractivity contribution is 6.31. The van der Waals surface area contributed by atoms with E-state index in [0.717, 1.165) is 40.5 Å². The standard InChI is InChI=1S/C19H17ClN4O/c20-16-4-2-1-3-14(16)11-24-10-7-15-17(12-24)22-18(23-19(15)25)13-5-8-21-9-6-13/h1-6,8-9H,7,10-12H2,(H,22,23,25). The molecule has 1 N–H and O–H groups in total. The van der Waals surface area contributed by atoms with E-state index in [2.05, 4.69) is 14.9 Å². The highest BCUT2D eigenvalue weighted by Crippen LogP contribution is 2.22. The van der Waals surface area contributed by atoms with Gasteiger partial charge in [0.05, 0.1) is 5.69 Å². The molecule has 6 heteroatoms. The van der Waals surface area contributed by atoms with Gasteiger partial charge >= 0.3 is 0 Å². The van der Waals surface area contributed by atoms with E-state index in [1.807, 2.05) is 36.4 Å². The largest absolute Gasteiger partial charge is 0.306 e. The average Bonchev–Trinajstić information content (AvgIpc) is 2.64. The van der Waals surface area contributed by atoms with Crippen molar-refractivity contribution in [3.63, 3.8) is 0 Å². The van der Waals surface area contributed by atoms with Crippen LogP contribution in [0.4, 0.5) is 0 Å². The third kappa shape index (κ3) is 3.34. The molecule has 0 saturated heterocycles. The van der Waals surface area contributed by atoms with Crippen LogP contribution in [-0.2, 0) is 19.5 Å². The summed E-state index contributed by atoms with van der Waals surface area (Å²) < 4.78 is 0. The second-order valence-corrected chi connectivity index (χ2v) is 6.53. The lowest BCUT2D eigenvalue weighted by Gasteiger charge is -2.28. The minimum Gasteiger partial charge on any atom is -0.306 e. The first-order valence-corrected chi connectivity index (χ1v) is 8.57. The van der Waals surface area contributed by atoms with Crippen molar-refractivity contribution in [2.75, 3.05) is 6.54 Å². The summed E-state index contributed by atoms with van der Waals surface area (Å²) in [7, 11) is 0. The summed E-state index contributed by atoms with van der Waals surface area (Å²) in [6.07, 6.45) is 4.08. The first-order valence-electron chi connectivity index (χ1n) is 8.19. The molecule has 0 unspecified atom stereocenters. The van der Waals surface area contributed by atoms with Crippen LogP contribution in [0.15, 0.2) is 53.6 Å². The highest BCUT2D eigenvalue weighted by atomic mass is 35.5. The summed E-state index contributed by atoms with van der Waals surface area (Å²) in [6, 6.07) is 11.5. The van der Waals surface area contributed by atoms with Crippen molar-refractivity contribution in [3.05, 3.63) is 81.0 Å². The molecule has 0 amide bonds. The SMILES string of the molecule is O=c1[nH]c(-c2ccncc2)nc2c1CCN(Cc1ccccc1Cl)C2. The van der Waals surface area contributed by atoms with E-state index in [1.54, 1.807) is 12.4 Å². The Labute approximate surface area is 150 Å². The fourth-order valence-corrected chi connectivity index (χ4v) is 3.34. The summed E-state index contributed by atoms with van der Waals surface area (Å²) in [6.45, 7) is 2.21. The number of H-pyrrole nitrogens is 1. The van der Waals surface area contributed by atoms with Gasteiger partial charge in [-0.15, -0.1) is 0 Å². The van der Waals surface area contributed by atoms with Crippen LogP contribution in [0.3, 0.4) is 0 Å². The van der Waals surface area contributed by atoms with Gasteiger partial charge in [0.2, 0.25) is 0 Å². The van der Waals surface area contributed by atoms with Crippen molar-refractivity contribution < 1.29 is 0 Å². The third-order valence-corrected chi connectivity index (χ3v) is 4.83. The monoisotopic (exact) mass is 352 g/mol. The Bertz CT molecular complexity index is 955. The molecule has 0 bridgehead atoms. The molecule has 126 valence electrons. The van der Waals surface area contributed by atoms with E-state index < -0.39 is 0 Å². The van der Waals surface area contributed by atoms with Gasteiger partial charge in [0.25, 0.3) is 5.56 Å². The van der Waals surface area contributed by atoms with Gasteiger partial charge in [-0.3, -0.25) is 14.7 Å². The minimum absolute atomic E-state index is 0.0470. The Morgan fingerprint density at radius 2 is 1.96 bits per heavy atom. The number of halogens is 1. The molecule has 0 atom stereocenters. The van der Waals surface area contributed by atoms with E-state index >= 15 is 0 Å². The number of benzene rings is 1. The number of rotatable bonds is 3. The minimum atomic E-state index is -0.0470. The molecule has 3 aromatic rings. The van der Waals surface area contributed by atoms with Crippen LogP contribution in [0, 0.1) is 0 Å². The summed E-state index contributed by atoms with van der Waals surface area (Å²) in [4.78, 5) is 26.3. The molecule has 3 heterocycles. The molecule has 1 aromatic carbocycles. The Morgan fingerprint density at radius 1 is 1.16 bits per heavy atom.